The molecule has 0 saturated heterocycles. The number of nitrogens with two attached hydrogens (primary N) is 2. The minimum Gasteiger partial charge on any atom is -0.394 e. The molecule has 3 aromatic heterocycles. The van der Waals surface area contributed by atoms with Crippen LogP contribution in [0.25, 0.3) is 16.8 Å². The number of anilines is 4. The highest BCUT2D eigenvalue weighted by atomic mass is 19.4. The summed E-state index contributed by atoms with van der Waals surface area (Å²) < 4.78 is 40.6. The number of rotatable bonds is 6. The number of aromatic nitrogens is 4. The number of carbonyl (C=O) groups is 1. The standard InChI is InChI=1S/C23H19F3N6O.C7H8N2O2/c24-23(25,26)16-8-9-28-17(12-16)30-22(33)15-6-4-13(5-7-15)18-19-20(27)29-10-11-32(19)21(31-18)14-2-1-3-14;8-4-5(7(11)6(4)10)9-3-1-2-3/h4-12,14H,1-3H2,(H2,27,29)(H,28,30,33);3,9H,1-2,8H2. The monoisotopic (exact) mass is 604 g/mol. The summed E-state index contributed by atoms with van der Waals surface area (Å²) >= 11 is 0. The molecule has 44 heavy (non-hydrogen) atoms. The molecule has 11 nitrogen and oxygen atoms in total. The van der Waals surface area contributed by atoms with E-state index < -0.39 is 28.5 Å². The predicted molar refractivity (Wildman–Crippen MR) is 159 cm³/mol. The summed E-state index contributed by atoms with van der Waals surface area (Å²) in [5.41, 5.74) is 12.4. The molecule has 0 atom stereocenters. The highest BCUT2D eigenvalue weighted by molar-refractivity contribution is 6.04. The molecule has 3 heterocycles. The maximum Gasteiger partial charge on any atom is 0.416 e. The maximum atomic E-state index is 12.9. The Labute approximate surface area is 247 Å². The maximum absolute atomic E-state index is 12.9. The van der Waals surface area contributed by atoms with E-state index in [0.717, 1.165) is 55.4 Å². The Morgan fingerprint density at radius 1 is 0.955 bits per heavy atom. The second kappa shape index (κ2) is 11.1. The normalized spacial score (nSPS) is 15.0. The highest BCUT2D eigenvalue weighted by Crippen LogP contribution is 2.39. The van der Waals surface area contributed by atoms with Crippen molar-refractivity contribution in [1.82, 2.24) is 19.4 Å². The van der Waals surface area contributed by atoms with E-state index in [-0.39, 0.29) is 17.1 Å². The van der Waals surface area contributed by atoms with Crippen LogP contribution < -0.4 is 33.0 Å². The SMILES string of the molecule is Nc1c(NC2CC2)c(=O)c1=O.Nc1nccn2c(C3CCC3)nc(-c3ccc(C(=O)Nc4cc(C(F)(F)F)ccn4)cc3)c12. The molecule has 2 aliphatic rings. The van der Waals surface area contributed by atoms with E-state index in [1.807, 2.05) is 10.6 Å². The first kappa shape index (κ1) is 28.8. The minimum atomic E-state index is -4.52. The Morgan fingerprint density at radius 2 is 1.68 bits per heavy atom. The number of alkyl halides is 3. The molecule has 0 radical (unpaired) electrons. The Hall–Kier alpha value is -5.27. The van der Waals surface area contributed by atoms with Gasteiger partial charge in [0.25, 0.3) is 16.8 Å². The molecular formula is C30H27F3N8O3. The van der Waals surface area contributed by atoms with Crippen molar-refractivity contribution >= 4 is 34.4 Å². The summed E-state index contributed by atoms with van der Waals surface area (Å²) in [5.74, 6) is 0.932. The van der Waals surface area contributed by atoms with Crippen molar-refractivity contribution in [3.05, 3.63) is 92.4 Å². The van der Waals surface area contributed by atoms with E-state index in [1.165, 1.54) is 6.42 Å². The number of nitrogens with one attached hydrogen (secondary N) is 2. The summed E-state index contributed by atoms with van der Waals surface area (Å²) in [7, 11) is 0. The number of amides is 1. The van der Waals surface area contributed by atoms with Crippen molar-refractivity contribution < 1.29 is 18.0 Å². The lowest BCUT2D eigenvalue weighted by Crippen LogP contribution is -2.37. The number of pyridine rings is 1. The van der Waals surface area contributed by atoms with E-state index >= 15 is 0 Å². The molecule has 2 aromatic carbocycles. The van der Waals surface area contributed by atoms with Gasteiger partial charge < -0.3 is 22.1 Å². The number of fused-ring (bicyclic) bond motifs is 1. The molecule has 0 bridgehead atoms. The molecular weight excluding hydrogens is 577 g/mol. The van der Waals surface area contributed by atoms with Crippen molar-refractivity contribution in [2.24, 2.45) is 0 Å². The van der Waals surface area contributed by atoms with Gasteiger partial charge in [-0.15, -0.1) is 0 Å². The average Bonchev–Trinajstić information content (AvgIpc) is 3.74. The van der Waals surface area contributed by atoms with E-state index in [4.69, 9.17) is 16.5 Å². The van der Waals surface area contributed by atoms with Gasteiger partial charge in [-0.3, -0.25) is 18.8 Å². The molecule has 14 heteroatoms. The topological polar surface area (TPSA) is 170 Å². The summed E-state index contributed by atoms with van der Waals surface area (Å²) in [6.07, 6.45) is 5.42. The first-order valence-corrected chi connectivity index (χ1v) is 13.9. The lowest BCUT2D eigenvalue weighted by molar-refractivity contribution is -0.137. The number of hydrogen-bond donors (Lipinski definition) is 4. The van der Waals surface area contributed by atoms with Gasteiger partial charge in [0, 0.05) is 41.7 Å². The molecule has 6 N–H and O–H groups in total. The van der Waals surface area contributed by atoms with Gasteiger partial charge in [-0.2, -0.15) is 13.2 Å². The fourth-order valence-corrected chi connectivity index (χ4v) is 4.87. The number of halogens is 3. The molecule has 2 aliphatic carbocycles. The number of hydrogen-bond acceptors (Lipinski definition) is 9. The molecule has 2 fully saturated rings. The van der Waals surface area contributed by atoms with Gasteiger partial charge in [0.1, 0.15) is 40.0 Å². The fraction of sp³-hybridized carbons (Fsp3) is 0.267. The van der Waals surface area contributed by atoms with E-state index in [9.17, 15) is 27.6 Å². The summed E-state index contributed by atoms with van der Waals surface area (Å²) in [5, 5.41) is 5.31. The molecule has 0 unspecified atom stereocenters. The minimum absolute atomic E-state index is 0.0990. The first-order chi connectivity index (χ1) is 21.0. The van der Waals surface area contributed by atoms with Crippen molar-refractivity contribution in [2.75, 3.05) is 22.1 Å². The van der Waals surface area contributed by atoms with Gasteiger partial charge in [-0.05, 0) is 49.9 Å². The third-order valence-electron chi connectivity index (χ3n) is 7.70. The molecule has 1 amide bonds. The van der Waals surface area contributed by atoms with Crippen LogP contribution in [0.2, 0.25) is 0 Å². The van der Waals surface area contributed by atoms with E-state index in [2.05, 4.69) is 20.6 Å². The molecule has 0 aliphatic heterocycles. The molecule has 226 valence electrons. The van der Waals surface area contributed by atoms with Crippen molar-refractivity contribution in [2.45, 2.75) is 50.2 Å². The molecule has 2 saturated carbocycles. The smallest absolute Gasteiger partial charge is 0.394 e. The third-order valence-corrected chi connectivity index (χ3v) is 7.70. The van der Waals surface area contributed by atoms with Crippen molar-refractivity contribution in [3.8, 4) is 11.3 Å². The largest absolute Gasteiger partial charge is 0.416 e. The number of carbonyl (C=O) groups excluding carboxylic acids is 1. The van der Waals surface area contributed by atoms with Crippen LogP contribution in [-0.4, -0.2) is 31.3 Å². The lowest BCUT2D eigenvalue weighted by atomic mass is 9.85. The second-order valence-corrected chi connectivity index (χ2v) is 10.8. The van der Waals surface area contributed by atoms with Gasteiger partial charge in [-0.25, -0.2) is 15.0 Å². The van der Waals surface area contributed by atoms with Gasteiger partial charge >= 0.3 is 6.18 Å². The lowest BCUT2D eigenvalue weighted by Gasteiger charge is -2.23. The zero-order valence-electron chi connectivity index (χ0n) is 23.2. The molecule has 7 rings (SSSR count). The third kappa shape index (κ3) is 5.57. The van der Waals surface area contributed by atoms with E-state index in [0.29, 0.717) is 34.7 Å². The Bertz CT molecular complexity index is 1940. The van der Waals surface area contributed by atoms with Crippen LogP contribution in [0, 0.1) is 0 Å². The summed E-state index contributed by atoms with van der Waals surface area (Å²) in [6, 6.07) is 8.64. The van der Waals surface area contributed by atoms with Crippen LogP contribution >= 0.6 is 0 Å². The zero-order chi connectivity index (χ0) is 31.2. The van der Waals surface area contributed by atoms with E-state index in [1.54, 1.807) is 30.5 Å². The fourth-order valence-electron chi connectivity index (χ4n) is 4.87. The summed E-state index contributed by atoms with van der Waals surface area (Å²) in [4.78, 5) is 46.8. The van der Waals surface area contributed by atoms with Crippen molar-refractivity contribution in [3.63, 3.8) is 0 Å². The van der Waals surface area contributed by atoms with Crippen LogP contribution in [0.15, 0.2) is 64.6 Å². The van der Waals surface area contributed by atoms with Crippen LogP contribution in [0.1, 0.15) is 59.8 Å². The number of imidazole rings is 1. The Morgan fingerprint density at radius 3 is 2.30 bits per heavy atom. The number of benzene rings is 1. The van der Waals surface area contributed by atoms with Crippen LogP contribution in [0.5, 0.6) is 0 Å². The van der Waals surface area contributed by atoms with Gasteiger partial charge in [0.05, 0.1) is 5.56 Å². The van der Waals surface area contributed by atoms with Crippen LogP contribution in [0.4, 0.5) is 36.2 Å². The summed E-state index contributed by atoms with van der Waals surface area (Å²) in [6.45, 7) is 0. The highest BCUT2D eigenvalue weighted by Gasteiger charge is 2.31. The average molecular weight is 605 g/mol. The number of nitrogen functional groups attached to an aromatic ring is 2. The quantitative estimate of drug-likeness (QED) is 0.206. The zero-order valence-corrected chi connectivity index (χ0v) is 23.2. The Balaban J connectivity index is 0.000000261. The first-order valence-electron chi connectivity index (χ1n) is 13.9. The van der Waals surface area contributed by atoms with Gasteiger partial charge in [-0.1, -0.05) is 18.6 Å². The Kier molecular flexibility index (Phi) is 7.27. The van der Waals surface area contributed by atoms with Crippen LogP contribution in [0.3, 0.4) is 0 Å². The predicted octanol–water partition coefficient (Wildman–Crippen LogP) is 4.35. The van der Waals surface area contributed by atoms with Crippen LogP contribution in [-0.2, 0) is 6.18 Å². The second-order valence-electron chi connectivity index (χ2n) is 10.8. The van der Waals surface area contributed by atoms with Gasteiger partial charge in [0.2, 0.25) is 0 Å². The molecule has 5 aromatic rings. The number of nitrogens with zero attached hydrogens (tertiary/aromatic N) is 4. The van der Waals surface area contributed by atoms with Gasteiger partial charge in [0.15, 0.2) is 0 Å². The van der Waals surface area contributed by atoms with Crippen molar-refractivity contribution in [1.29, 1.82) is 0 Å². The molecule has 0 spiro atoms.